The summed E-state index contributed by atoms with van der Waals surface area (Å²) in [5, 5.41) is 29.9. The van der Waals surface area contributed by atoms with Gasteiger partial charge in [-0.2, -0.15) is 0 Å². The Morgan fingerprint density at radius 3 is 2.79 bits per heavy atom. The Bertz CT molecular complexity index is 613. The quantitative estimate of drug-likeness (QED) is 0.631. The molecule has 1 aromatic carbocycles. The molecule has 0 aliphatic heterocycles. The van der Waals surface area contributed by atoms with Crippen LogP contribution in [-0.4, -0.2) is 25.9 Å². The van der Waals surface area contributed by atoms with Crippen molar-refractivity contribution in [3.05, 3.63) is 36.2 Å². The molecule has 1 aromatic heterocycles. The van der Waals surface area contributed by atoms with E-state index in [9.17, 15) is 10.2 Å². The second-order valence-corrected chi connectivity index (χ2v) is 3.93. The third kappa shape index (κ3) is 2.79. The molecule has 98 valence electrons. The smallest absolute Gasteiger partial charge is 0.225 e. The lowest BCUT2D eigenvalue weighted by Gasteiger charge is -2.11. The van der Waals surface area contributed by atoms with E-state index >= 15 is 0 Å². The third-order valence-electron chi connectivity index (χ3n) is 2.59. The lowest BCUT2D eigenvalue weighted by Crippen LogP contribution is -2.06. The highest BCUT2D eigenvalue weighted by Crippen LogP contribution is 2.26. The molecule has 0 saturated heterocycles. The molecule has 0 bridgehead atoms. The van der Waals surface area contributed by atoms with Gasteiger partial charge in [0.15, 0.2) is 0 Å². The van der Waals surface area contributed by atoms with Gasteiger partial charge in [-0.05, 0) is 18.6 Å². The van der Waals surface area contributed by atoms with Gasteiger partial charge in [-0.25, -0.2) is 9.97 Å². The molecular formula is C13H14N4O2. The van der Waals surface area contributed by atoms with Gasteiger partial charge in [0.1, 0.15) is 17.9 Å². The van der Waals surface area contributed by atoms with Crippen molar-refractivity contribution in [1.82, 2.24) is 9.97 Å². The molecule has 19 heavy (non-hydrogen) atoms. The zero-order valence-corrected chi connectivity index (χ0v) is 10.4. The Morgan fingerprint density at radius 1 is 1.32 bits per heavy atom. The van der Waals surface area contributed by atoms with Gasteiger partial charge in [-0.3, -0.25) is 0 Å². The summed E-state index contributed by atoms with van der Waals surface area (Å²) in [4.78, 5) is 7.71. The summed E-state index contributed by atoms with van der Waals surface area (Å²) >= 11 is 0. The Kier molecular flexibility index (Phi) is 3.61. The van der Waals surface area contributed by atoms with Gasteiger partial charge in [-0.1, -0.05) is 13.0 Å². The highest BCUT2D eigenvalue weighted by Gasteiger charge is 2.14. The van der Waals surface area contributed by atoms with Gasteiger partial charge in [0, 0.05) is 17.5 Å². The van der Waals surface area contributed by atoms with E-state index in [-0.39, 0.29) is 22.9 Å². The van der Waals surface area contributed by atoms with E-state index in [4.69, 9.17) is 5.41 Å². The van der Waals surface area contributed by atoms with Crippen molar-refractivity contribution in [3.63, 3.8) is 0 Å². The zero-order chi connectivity index (χ0) is 13.8. The molecule has 0 saturated carbocycles. The van der Waals surface area contributed by atoms with E-state index in [1.807, 2.05) is 6.92 Å². The Labute approximate surface area is 110 Å². The van der Waals surface area contributed by atoms with E-state index < -0.39 is 0 Å². The zero-order valence-electron chi connectivity index (χ0n) is 10.4. The topological polar surface area (TPSA) is 102 Å². The number of nitrogens with one attached hydrogen (secondary N) is 2. The number of hydrogen-bond acceptors (Lipinski definition) is 6. The molecule has 4 N–H and O–H groups in total. The lowest BCUT2D eigenvalue weighted by atomic mass is 10.1. The van der Waals surface area contributed by atoms with Crippen molar-refractivity contribution in [3.8, 4) is 11.6 Å². The maximum atomic E-state index is 9.74. The molecule has 0 radical (unpaired) electrons. The molecule has 0 unspecified atom stereocenters. The highest BCUT2D eigenvalue weighted by molar-refractivity contribution is 6.04. The van der Waals surface area contributed by atoms with E-state index in [0.717, 1.165) is 0 Å². The summed E-state index contributed by atoms with van der Waals surface area (Å²) in [5.41, 5.74) is 1.12. The summed E-state index contributed by atoms with van der Waals surface area (Å²) in [5.74, 6) is 0.227. The van der Waals surface area contributed by atoms with Crippen molar-refractivity contribution in [1.29, 1.82) is 5.41 Å². The fraction of sp³-hybridized carbons (Fsp3) is 0.154. The lowest BCUT2D eigenvalue weighted by molar-refractivity contribution is 0.451. The average molecular weight is 258 g/mol. The summed E-state index contributed by atoms with van der Waals surface area (Å²) in [7, 11) is 0. The summed E-state index contributed by atoms with van der Waals surface area (Å²) in [6, 6.07) is 6.51. The van der Waals surface area contributed by atoms with E-state index in [1.54, 1.807) is 18.2 Å². The van der Waals surface area contributed by atoms with Gasteiger partial charge in [0.2, 0.25) is 5.88 Å². The molecule has 0 amide bonds. The molecule has 0 aliphatic rings. The van der Waals surface area contributed by atoms with E-state index in [2.05, 4.69) is 15.3 Å². The van der Waals surface area contributed by atoms with Crippen molar-refractivity contribution in [2.24, 2.45) is 0 Å². The van der Waals surface area contributed by atoms with E-state index in [0.29, 0.717) is 17.9 Å². The van der Waals surface area contributed by atoms with Crippen molar-refractivity contribution in [2.45, 2.75) is 13.3 Å². The SMILES string of the molecule is CCC(=N)c1c(O)ncnc1Nc1cccc(O)c1. The number of phenols is 1. The van der Waals surface area contributed by atoms with Crippen LogP contribution < -0.4 is 5.32 Å². The van der Waals surface area contributed by atoms with Gasteiger partial charge in [0.25, 0.3) is 0 Å². The Balaban J connectivity index is 2.40. The number of benzene rings is 1. The number of aromatic nitrogens is 2. The number of rotatable bonds is 4. The first-order valence-corrected chi connectivity index (χ1v) is 5.79. The standard InChI is InChI=1S/C13H14N4O2/c1-2-10(14)11-12(15-7-16-13(11)19)17-8-4-3-5-9(18)6-8/h3-7,14,18H,2H2,1H3,(H2,15,16,17,19). The molecule has 6 nitrogen and oxygen atoms in total. The maximum absolute atomic E-state index is 9.74. The van der Waals surface area contributed by atoms with Gasteiger partial charge in [-0.15, -0.1) is 0 Å². The summed E-state index contributed by atoms with van der Waals surface area (Å²) < 4.78 is 0. The van der Waals surface area contributed by atoms with Crippen LogP contribution in [-0.2, 0) is 0 Å². The minimum Gasteiger partial charge on any atom is -0.508 e. The van der Waals surface area contributed by atoms with Crippen LogP contribution in [0.15, 0.2) is 30.6 Å². The van der Waals surface area contributed by atoms with Crippen molar-refractivity contribution >= 4 is 17.2 Å². The molecule has 1 heterocycles. The maximum Gasteiger partial charge on any atom is 0.225 e. The van der Waals surface area contributed by atoms with Crippen LogP contribution in [0, 0.1) is 5.41 Å². The average Bonchev–Trinajstić information content (AvgIpc) is 2.38. The Hall–Kier alpha value is -2.63. The fourth-order valence-corrected chi connectivity index (χ4v) is 1.65. The molecule has 6 heteroatoms. The number of phenolic OH excluding ortho intramolecular Hbond substituents is 1. The van der Waals surface area contributed by atoms with Crippen molar-refractivity contribution in [2.75, 3.05) is 5.32 Å². The molecule has 2 aromatic rings. The number of aromatic hydroxyl groups is 2. The van der Waals surface area contributed by atoms with Crippen LogP contribution in [0.25, 0.3) is 0 Å². The second-order valence-electron chi connectivity index (χ2n) is 3.93. The van der Waals surface area contributed by atoms with Crippen LogP contribution in [0.1, 0.15) is 18.9 Å². The number of nitrogens with zero attached hydrogens (tertiary/aromatic N) is 2. The van der Waals surface area contributed by atoms with Gasteiger partial charge in [0.05, 0.1) is 5.56 Å². The number of hydrogen-bond donors (Lipinski definition) is 4. The highest BCUT2D eigenvalue weighted by atomic mass is 16.3. The molecule has 0 fully saturated rings. The Morgan fingerprint density at radius 2 is 2.11 bits per heavy atom. The predicted molar refractivity (Wildman–Crippen MR) is 72.2 cm³/mol. The summed E-state index contributed by atoms with van der Waals surface area (Å²) in [6.45, 7) is 1.81. The van der Waals surface area contributed by atoms with Crippen LogP contribution >= 0.6 is 0 Å². The van der Waals surface area contributed by atoms with Crippen molar-refractivity contribution < 1.29 is 10.2 Å². The van der Waals surface area contributed by atoms with Gasteiger partial charge >= 0.3 is 0 Å². The molecule has 2 rings (SSSR count). The van der Waals surface area contributed by atoms with Gasteiger partial charge < -0.3 is 20.9 Å². The minimum atomic E-state index is -0.232. The van der Waals surface area contributed by atoms with Crippen LogP contribution in [0.3, 0.4) is 0 Å². The van der Waals surface area contributed by atoms with E-state index in [1.165, 1.54) is 12.4 Å². The molecule has 0 spiro atoms. The first-order chi connectivity index (χ1) is 9.11. The molecule has 0 atom stereocenters. The summed E-state index contributed by atoms with van der Waals surface area (Å²) in [6.07, 6.45) is 1.67. The molecule has 0 aliphatic carbocycles. The van der Waals surface area contributed by atoms with Crippen LogP contribution in [0.4, 0.5) is 11.5 Å². The van der Waals surface area contributed by atoms with Crippen LogP contribution in [0.5, 0.6) is 11.6 Å². The normalized spacial score (nSPS) is 10.2. The second kappa shape index (κ2) is 5.34. The third-order valence-corrected chi connectivity index (χ3v) is 2.59. The first-order valence-electron chi connectivity index (χ1n) is 5.79. The first kappa shape index (κ1) is 12.8. The largest absolute Gasteiger partial charge is 0.508 e. The monoisotopic (exact) mass is 258 g/mol. The minimum absolute atomic E-state index is 0.121. The predicted octanol–water partition coefficient (Wildman–Crippen LogP) is 2.41. The van der Waals surface area contributed by atoms with Crippen LogP contribution in [0.2, 0.25) is 0 Å². The number of anilines is 2. The fourth-order valence-electron chi connectivity index (χ4n) is 1.65. The molecular weight excluding hydrogens is 244 g/mol.